The van der Waals surface area contributed by atoms with Gasteiger partial charge in [-0.15, -0.1) is 0 Å². The number of nitrogens with one attached hydrogen (secondary N) is 1. The summed E-state index contributed by atoms with van der Waals surface area (Å²) in [5, 5.41) is 3.18. The molecule has 1 aliphatic heterocycles. The third kappa shape index (κ3) is 3.56. The van der Waals surface area contributed by atoms with Gasteiger partial charge in [-0.25, -0.2) is 9.78 Å². The molecular formula is C19H16N2O5S. The summed E-state index contributed by atoms with van der Waals surface area (Å²) in [6, 6.07) is 12.3. The van der Waals surface area contributed by atoms with Crippen LogP contribution in [0.5, 0.6) is 11.5 Å². The fourth-order valence-corrected chi connectivity index (χ4v) is 3.56. The number of ether oxygens (including phenoxy) is 3. The Kier molecular flexibility index (Phi) is 4.64. The van der Waals surface area contributed by atoms with Gasteiger partial charge >= 0.3 is 5.97 Å². The zero-order valence-corrected chi connectivity index (χ0v) is 15.2. The largest absolute Gasteiger partial charge is 0.485 e. The minimum Gasteiger partial charge on any atom is -0.485 e. The number of rotatable bonds is 4. The summed E-state index contributed by atoms with van der Waals surface area (Å²) in [6.07, 6.45) is -0.762. The van der Waals surface area contributed by atoms with Crippen LogP contribution in [0.25, 0.3) is 10.2 Å². The van der Waals surface area contributed by atoms with Crippen LogP contribution < -0.4 is 14.8 Å². The molecule has 2 heterocycles. The number of carbonyl (C=O) groups excluding carboxylic acids is 2. The predicted octanol–water partition coefficient (Wildman–Crippen LogP) is 3.25. The average Bonchev–Trinajstić information content (AvgIpc) is 3.09. The van der Waals surface area contributed by atoms with Crippen LogP contribution in [0, 0.1) is 0 Å². The molecule has 138 valence electrons. The van der Waals surface area contributed by atoms with Gasteiger partial charge in [0.15, 0.2) is 16.6 Å². The molecular weight excluding hydrogens is 368 g/mol. The molecule has 2 aromatic carbocycles. The highest BCUT2D eigenvalue weighted by atomic mass is 32.1. The fourth-order valence-electron chi connectivity index (χ4n) is 2.65. The maximum absolute atomic E-state index is 12.5. The first-order valence-corrected chi connectivity index (χ1v) is 9.23. The van der Waals surface area contributed by atoms with E-state index >= 15 is 0 Å². The van der Waals surface area contributed by atoms with Gasteiger partial charge in [0.05, 0.1) is 22.4 Å². The van der Waals surface area contributed by atoms with Gasteiger partial charge in [-0.05, 0) is 37.3 Å². The molecule has 0 unspecified atom stereocenters. The number of carbonyl (C=O) groups is 2. The number of nitrogens with zero attached hydrogens (tertiary/aromatic N) is 1. The van der Waals surface area contributed by atoms with Crippen molar-refractivity contribution in [2.24, 2.45) is 0 Å². The number of anilines is 1. The monoisotopic (exact) mass is 384 g/mol. The first-order valence-electron chi connectivity index (χ1n) is 8.41. The van der Waals surface area contributed by atoms with Crippen molar-refractivity contribution in [1.29, 1.82) is 0 Å². The van der Waals surface area contributed by atoms with Crippen LogP contribution in [-0.2, 0) is 9.53 Å². The van der Waals surface area contributed by atoms with E-state index in [0.29, 0.717) is 34.3 Å². The third-order valence-electron chi connectivity index (χ3n) is 3.93. The Labute approximate surface area is 158 Å². The topological polar surface area (TPSA) is 86.8 Å². The van der Waals surface area contributed by atoms with Gasteiger partial charge in [-0.1, -0.05) is 23.5 Å². The molecule has 0 fully saturated rings. The van der Waals surface area contributed by atoms with Gasteiger partial charge in [0.25, 0.3) is 5.91 Å². The van der Waals surface area contributed by atoms with Crippen molar-refractivity contribution < 1.29 is 23.8 Å². The van der Waals surface area contributed by atoms with Crippen LogP contribution in [0.15, 0.2) is 42.5 Å². The quantitative estimate of drug-likeness (QED) is 0.695. The van der Waals surface area contributed by atoms with E-state index in [0.717, 1.165) is 4.70 Å². The molecule has 7 nitrogen and oxygen atoms in total. The number of para-hydroxylation sites is 2. The van der Waals surface area contributed by atoms with Gasteiger partial charge in [0, 0.05) is 0 Å². The average molecular weight is 384 g/mol. The molecule has 1 amide bonds. The molecule has 1 N–H and O–H groups in total. The fraction of sp³-hybridized carbons (Fsp3) is 0.211. The van der Waals surface area contributed by atoms with Crippen molar-refractivity contribution in [1.82, 2.24) is 4.98 Å². The zero-order valence-electron chi connectivity index (χ0n) is 14.4. The molecule has 0 bridgehead atoms. The number of esters is 1. The van der Waals surface area contributed by atoms with E-state index in [1.54, 1.807) is 37.3 Å². The second-order valence-electron chi connectivity index (χ2n) is 5.78. The molecule has 1 aliphatic rings. The van der Waals surface area contributed by atoms with Crippen LogP contribution >= 0.6 is 11.3 Å². The van der Waals surface area contributed by atoms with Gasteiger partial charge in [0.1, 0.15) is 6.61 Å². The second kappa shape index (κ2) is 7.24. The Hall–Kier alpha value is -3.13. The van der Waals surface area contributed by atoms with Gasteiger partial charge < -0.3 is 14.2 Å². The Balaban J connectivity index is 1.48. The smallest absolute Gasteiger partial charge is 0.338 e. The summed E-state index contributed by atoms with van der Waals surface area (Å²) >= 11 is 1.28. The zero-order chi connectivity index (χ0) is 18.8. The standard InChI is InChI=1S/C19H16N2O5S/c1-2-24-18(23)11-7-8-12-16(9-11)27-19(20-12)21-17(22)15-10-25-13-5-3-4-6-14(13)26-15/h3-9,15H,2,10H2,1H3,(H,20,21,22)/t15-/m1/s1. The highest BCUT2D eigenvalue weighted by Gasteiger charge is 2.28. The van der Waals surface area contributed by atoms with Crippen LogP contribution in [0.4, 0.5) is 5.13 Å². The summed E-state index contributed by atoms with van der Waals surface area (Å²) in [5.74, 6) is 0.430. The van der Waals surface area contributed by atoms with Crippen LogP contribution in [-0.4, -0.2) is 36.2 Å². The number of thiazole rings is 1. The number of fused-ring (bicyclic) bond motifs is 2. The van der Waals surface area contributed by atoms with Gasteiger partial charge in [0.2, 0.25) is 6.10 Å². The van der Waals surface area contributed by atoms with Crippen molar-refractivity contribution in [3.05, 3.63) is 48.0 Å². The predicted molar refractivity (Wildman–Crippen MR) is 101 cm³/mol. The van der Waals surface area contributed by atoms with E-state index in [9.17, 15) is 9.59 Å². The first kappa shape index (κ1) is 17.3. The first-order chi connectivity index (χ1) is 13.1. The lowest BCUT2D eigenvalue weighted by Gasteiger charge is -2.25. The Bertz CT molecular complexity index is 1020. The summed E-state index contributed by atoms with van der Waals surface area (Å²) in [7, 11) is 0. The SMILES string of the molecule is CCOC(=O)c1ccc2nc(NC(=O)[C@H]3COc4ccccc4O3)sc2c1. The summed E-state index contributed by atoms with van der Waals surface area (Å²) in [6.45, 7) is 2.19. The number of hydrogen-bond acceptors (Lipinski definition) is 7. The van der Waals surface area contributed by atoms with Crippen LogP contribution in [0.3, 0.4) is 0 Å². The lowest BCUT2D eigenvalue weighted by molar-refractivity contribution is -0.125. The maximum atomic E-state index is 12.5. The number of hydrogen-bond donors (Lipinski definition) is 1. The van der Waals surface area contributed by atoms with E-state index in [1.165, 1.54) is 11.3 Å². The molecule has 27 heavy (non-hydrogen) atoms. The lowest BCUT2D eigenvalue weighted by Crippen LogP contribution is -2.40. The number of amides is 1. The minimum atomic E-state index is -0.762. The maximum Gasteiger partial charge on any atom is 0.338 e. The van der Waals surface area contributed by atoms with Crippen molar-refractivity contribution >= 4 is 38.6 Å². The second-order valence-corrected chi connectivity index (χ2v) is 6.81. The van der Waals surface area contributed by atoms with E-state index in [2.05, 4.69) is 10.3 Å². The molecule has 1 atom stereocenters. The highest BCUT2D eigenvalue weighted by molar-refractivity contribution is 7.22. The Morgan fingerprint density at radius 1 is 1.26 bits per heavy atom. The van der Waals surface area contributed by atoms with Gasteiger partial charge in [-0.2, -0.15) is 0 Å². The molecule has 0 spiro atoms. The van der Waals surface area contributed by atoms with E-state index in [-0.39, 0.29) is 18.5 Å². The summed E-state index contributed by atoms with van der Waals surface area (Å²) < 4.78 is 17.0. The molecule has 8 heteroatoms. The molecule has 0 radical (unpaired) electrons. The third-order valence-corrected chi connectivity index (χ3v) is 4.86. The van der Waals surface area contributed by atoms with Gasteiger partial charge in [-0.3, -0.25) is 10.1 Å². The van der Waals surface area contributed by atoms with Crippen molar-refractivity contribution in [3.63, 3.8) is 0 Å². The van der Waals surface area contributed by atoms with Crippen molar-refractivity contribution in [3.8, 4) is 11.5 Å². The van der Waals surface area contributed by atoms with Crippen LogP contribution in [0.2, 0.25) is 0 Å². The molecule has 1 aromatic heterocycles. The Morgan fingerprint density at radius 2 is 2.07 bits per heavy atom. The van der Waals surface area contributed by atoms with E-state index in [1.807, 2.05) is 12.1 Å². The Morgan fingerprint density at radius 3 is 2.89 bits per heavy atom. The molecule has 3 aromatic rings. The van der Waals surface area contributed by atoms with Crippen molar-refractivity contribution in [2.75, 3.05) is 18.5 Å². The van der Waals surface area contributed by atoms with Crippen molar-refractivity contribution in [2.45, 2.75) is 13.0 Å². The molecule has 4 rings (SSSR count). The number of benzene rings is 2. The molecule has 0 aliphatic carbocycles. The molecule has 0 saturated carbocycles. The summed E-state index contributed by atoms with van der Waals surface area (Å²) in [4.78, 5) is 28.7. The highest BCUT2D eigenvalue weighted by Crippen LogP contribution is 2.32. The number of aromatic nitrogens is 1. The van der Waals surface area contributed by atoms with E-state index in [4.69, 9.17) is 14.2 Å². The molecule has 0 saturated heterocycles. The van der Waals surface area contributed by atoms with Crippen LogP contribution in [0.1, 0.15) is 17.3 Å². The normalized spacial score (nSPS) is 15.4. The lowest BCUT2D eigenvalue weighted by atomic mass is 10.2. The summed E-state index contributed by atoms with van der Waals surface area (Å²) in [5.41, 5.74) is 1.14. The van der Waals surface area contributed by atoms with E-state index < -0.39 is 6.10 Å². The minimum absolute atomic E-state index is 0.126.